The topological polar surface area (TPSA) is 67.4 Å². The van der Waals surface area contributed by atoms with E-state index in [1.807, 2.05) is 12.1 Å². The highest BCUT2D eigenvalue weighted by Gasteiger charge is 2.22. The Bertz CT molecular complexity index is 894. The molecule has 0 spiro atoms. The Morgan fingerprint density at radius 3 is 1.89 bits per heavy atom. The van der Waals surface area contributed by atoms with Crippen LogP contribution in [-0.4, -0.2) is 25.0 Å². The molecule has 27 heavy (non-hydrogen) atoms. The molecule has 0 saturated carbocycles. The smallest absolute Gasteiger partial charge is 0.253 e. The van der Waals surface area contributed by atoms with Crippen LogP contribution in [0.5, 0.6) is 5.75 Å². The van der Waals surface area contributed by atoms with E-state index in [0.717, 1.165) is 0 Å². The van der Waals surface area contributed by atoms with Crippen molar-refractivity contribution in [1.29, 1.82) is 0 Å². The zero-order valence-corrected chi connectivity index (χ0v) is 14.9. The molecule has 0 aliphatic heterocycles. The first-order valence-corrected chi connectivity index (χ1v) is 8.53. The molecule has 5 heteroatoms. The number of nitrogens with one attached hydrogen (secondary N) is 2. The first-order chi connectivity index (χ1) is 13.2. The maximum Gasteiger partial charge on any atom is 0.253 e. The lowest BCUT2D eigenvalue weighted by molar-refractivity contribution is 0.0869. The maximum absolute atomic E-state index is 12.9. The Morgan fingerprint density at radius 2 is 1.33 bits per heavy atom. The molecule has 0 fully saturated rings. The minimum absolute atomic E-state index is 0.226. The van der Waals surface area contributed by atoms with E-state index in [9.17, 15) is 9.59 Å². The van der Waals surface area contributed by atoms with Gasteiger partial charge in [0.15, 0.2) is 6.17 Å². The third kappa shape index (κ3) is 4.73. The SMILES string of the molecule is COc1ccc(NC(NC(=O)c2ccccc2)C(=O)c2ccccc2)cc1. The van der Waals surface area contributed by atoms with Crippen molar-refractivity contribution in [2.45, 2.75) is 6.17 Å². The fourth-order valence-corrected chi connectivity index (χ4v) is 2.59. The van der Waals surface area contributed by atoms with Crippen LogP contribution in [0.4, 0.5) is 5.69 Å². The van der Waals surface area contributed by atoms with E-state index >= 15 is 0 Å². The van der Waals surface area contributed by atoms with Crippen molar-refractivity contribution in [3.63, 3.8) is 0 Å². The Hall–Kier alpha value is -3.60. The lowest BCUT2D eigenvalue weighted by Crippen LogP contribution is -2.46. The van der Waals surface area contributed by atoms with Gasteiger partial charge in [0, 0.05) is 16.8 Å². The van der Waals surface area contributed by atoms with Crippen molar-refractivity contribution >= 4 is 17.4 Å². The number of hydrogen-bond acceptors (Lipinski definition) is 4. The fourth-order valence-electron chi connectivity index (χ4n) is 2.59. The van der Waals surface area contributed by atoms with Gasteiger partial charge in [-0.2, -0.15) is 0 Å². The summed E-state index contributed by atoms with van der Waals surface area (Å²) in [6, 6.07) is 24.8. The van der Waals surface area contributed by atoms with E-state index in [2.05, 4.69) is 10.6 Å². The van der Waals surface area contributed by atoms with Crippen LogP contribution in [0.15, 0.2) is 84.9 Å². The molecule has 1 unspecified atom stereocenters. The van der Waals surface area contributed by atoms with Crippen LogP contribution < -0.4 is 15.4 Å². The number of carbonyl (C=O) groups excluding carboxylic acids is 2. The second-order valence-electron chi connectivity index (χ2n) is 5.88. The molecular weight excluding hydrogens is 340 g/mol. The minimum atomic E-state index is -0.909. The number of anilines is 1. The number of benzene rings is 3. The summed E-state index contributed by atoms with van der Waals surface area (Å²) in [5.41, 5.74) is 1.69. The average Bonchev–Trinajstić information content (AvgIpc) is 2.74. The van der Waals surface area contributed by atoms with E-state index in [4.69, 9.17) is 4.74 Å². The van der Waals surface area contributed by atoms with Crippen LogP contribution in [0.3, 0.4) is 0 Å². The quantitative estimate of drug-likeness (QED) is 0.497. The molecule has 3 rings (SSSR count). The van der Waals surface area contributed by atoms with Gasteiger partial charge in [0.1, 0.15) is 5.75 Å². The molecule has 0 saturated heterocycles. The molecule has 1 atom stereocenters. The zero-order valence-electron chi connectivity index (χ0n) is 14.9. The Morgan fingerprint density at radius 1 is 0.778 bits per heavy atom. The molecule has 0 aliphatic carbocycles. The van der Waals surface area contributed by atoms with E-state index < -0.39 is 6.17 Å². The lowest BCUT2D eigenvalue weighted by atomic mass is 10.1. The van der Waals surface area contributed by atoms with Gasteiger partial charge in [-0.25, -0.2) is 0 Å². The summed E-state index contributed by atoms with van der Waals surface area (Å²) in [5.74, 6) is 0.154. The first kappa shape index (κ1) is 18.2. The fraction of sp³-hybridized carbons (Fsp3) is 0.0909. The summed E-state index contributed by atoms with van der Waals surface area (Å²) in [6.45, 7) is 0. The largest absolute Gasteiger partial charge is 0.497 e. The number of amides is 1. The van der Waals surface area contributed by atoms with Gasteiger partial charge in [0.05, 0.1) is 7.11 Å². The number of ether oxygens (including phenoxy) is 1. The van der Waals surface area contributed by atoms with Gasteiger partial charge in [0.2, 0.25) is 5.78 Å². The van der Waals surface area contributed by atoms with E-state index in [0.29, 0.717) is 22.6 Å². The number of methoxy groups -OCH3 is 1. The summed E-state index contributed by atoms with van der Waals surface area (Å²) in [7, 11) is 1.59. The Kier molecular flexibility index (Phi) is 5.84. The predicted octanol–water partition coefficient (Wildman–Crippen LogP) is 3.75. The molecule has 0 heterocycles. The third-order valence-electron chi connectivity index (χ3n) is 4.03. The van der Waals surface area contributed by atoms with Gasteiger partial charge in [-0.15, -0.1) is 0 Å². The van der Waals surface area contributed by atoms with Crippen LogP contribution in [-0.2, 0) is 0 Å². The van der Waals surface area contributed by atoms with Crippen molar-refractivity contribution in [2.75, 3.05) is 12.4 Å². The highest BCUT2D eigenvalue weighted by atomic mass is 16.5. The highest BCUT2D eigenvalue weighted by Crippen LogP contribution is 2.17. The van der Waals surface area contributed by atoms with E-state index in [1.54, 1.807) is 79.9 Å². The minimum Gasteiger partial charge on any atom is -0.497 e. The van der Waals surface area contributed by atoms with E-state index in [-0.39, 0.29) is 11.7 Å². The molecule has 0 bridgehead atoms. The van der Waals surface area contributed by atoms with Gasteiger partial charge < -0.3 is 15.4 Å². The van der Waals surface area contributed by atoms with Gasteiger partial charge in [-0.1, -0.05) is 48.5 Å². The summed E-state index contributed by atoms with van der Waals surface area (Å²) >= 11 is 0. The number of ketones is 1. The second-order valence-corrected chi connectivity index (χ2v) is 5.88. The first-order valence-electron chi connectivity index (χ1n) is 8.53. The molecule has 3 aromatic carbocycles. The molecule has 136 valence electrons. The van der Waals surface area contributed by atoms with Gasteiger partial charge in [-0.3, -0.25) is 9.59 Å². The van der Waals surface area contributed by atoms with Crippen LogP contribution in [0.1, 0.15) is 20.7 Å². The molecule has 1 amide bonds. The van der Waals surface area contributed by atoms with Gasteiger partial charge >= 0.3 is 0 Å². The number of rotatable bonds is 7. The van der Waals surface area contributed by atoms with Crippen LogP contribution >= 0.6 is 0 Å². The standard InChI is InChI=1S/C22H20N2O3/c1-27-19-14-12-18(13-15-19)23-21(20(25)16-8-4-2-5-9-16)24-22(26)17-10-6-3-7-11-17/h2-15,21,23H,1H3,(H,24,26). The monoisotopic (exact) mass is 360 g/mol. The Labute approximate surface area is 158 Å². The third-order valence-corrected chi connectivity index (χ3v) is 4.03. The summed E-state index contributed by atoms with van der Waals surface area (Å²) < 4.78 is 5.15. The molecule has 0 aromatic heterocycles. The van der Waals surface area contributed by atoms with Gasteiger partial charge in [0.25, 0.3) is 5.91 Å². The molecule has 0 aliphatic rings. The number of carbonyl (C=O) groups is 2. The van der Waals surface area contributed by atoms with Crippen molar-refractivity contribution in [3.05, 3.63) is 96.1 Å². The van der Waals surface area contributed by atoms with E-state index in [1.165, 1.54) is 0 Å². The van der Waals surface area contributed by atoms with Crippen molar-refractivity contribution in [1.82, 2.24) is 5.32 Å². The Balaban J connectivity index is 1.83. The molecule has 0 radical (unpaired) electrons. The van der Waals surface area contributed by atoms with Crippen LogP contribution in [0.2, 0.25) is 0 Å². The molecular formula is C22H20N2O3. The highest BCUT2D eigenvalue weighted by molar-refractivity contribution is 6.05. The summed E-state index contributed by atoms with van der Waals surface area (Å²) in [6.07, 6.45) is -0.909. The van der Waals surface area contributed by atoms with Crippen LogP contribution in [0.25, 0.3) is 0 Å². The zero-order chi connectivity index (χ0) is 19.1. The maximum atomic E-state index is 12.9. The predicted molar refractivity (Wildman–Crippen MR) is 105 cm³/mol. The average molecular weight is 360 g/mol. The number of Topliss-reactive ketones (excluding diaryl/α,β-unsaturated/α-hetero) is 1. The summed E-state index contributed by atoms with van der Waals surface area (Å²) in [4.78, 5) is 25.5. The molecule has 2 N–H and O–H groups in total. The van der Waals surface area contributed by atoms with Crippen molar-refractivity contribution < 1.29 is 14.3 Å². The molecule has 5 nitrogen and oxygen atoms in total. The van der Waals surface area contributed by atoms with Crippen LogP contribution in [0, 0.1) is 0 Å². The van der Waals surface area contributed by atoms with Gasteiger partial charge in [-0.05, 0) is 36.4 Å². The normalized spacial score (nSPS) is 11.3. The number of hydrogen-bond donors (Lipinski definition) is 2. The second kappa shape index (κ2) is 8.67. The van der Waals surface area contributed by atoms with Crippen molar-refractivity contribution in [3.8, 4) is 5.75 Å². The molecule has 3 aromatic rings. The summed E-state index contributed by atoms with van der Waals surface area (Å²) in [5, 5.41) is 5.87. The van der Waals surface area contributed by atoms with Crippen molar-refractivity contribution in [2.24, 2.45) is 0 Å². The lowest BCUT2D eigenvalue weighted by Gasteiger charge is -2.20.